The van der Waals surface area contributed by atoms with Gasteiger partial charge in [0.2, 0.25) is 0 Å². The van der Waals surface area contributed by atoms with Crippen molar-refractivity contribution < 1.29 is 5.11 Å². The number of benzene rings is 1. The van der Waals surface area contributed by atoms with Gasteiger partial charge in [-0.1, -0.05) is 12.1 Å². The van der Waals surface area contributed by atoms with Crippen LogP contribution in [0, 0.1) is 13.8 Å². The van der Waals surface area contributed by atoms with Crippen molar-refractivity contribution >= 4 is 0 Å². The Hall–Kier alpha value is -1.70. The first kappa shape index (κ1) is 8.88. The van der Waals surface area contributed by atoms with E-state index in [2.05, 4.69) is 0 Å². The minimum atomic E-state index is 0.315. The zero-order valence-electron chi connectivity index (χ0n) is 8.36. The average molecular weight is 187 g/mol. The lowest BCUT2D eigenvalue weighted by molar-refractivity contribution is 0.471. The summed E-state index contributed by atoms with van der Waals surface area (Å²) in [6, 6.07) is 11.5. The van der Waals surface area contributed by atoms with Crippen molar-refractivity contribution in [2.45, 2.75) is 13.8 Å². The molecular formula is C12H13NO. The minimum Gasteiger partial charge on any atom is -0.506 e. The Morgan fingerprint density at radius 2 is 1.50 bits per heavy atom. The van der Waals surface area contributed by atoms with Crippen LogP contribution >= 0.6 is 0 Å². The quantitative estimate of drug-likeness (QED) is 0.729. The summed E-state index contributed by atoms with van der Waals surface area (Å²) in [6.07, 6.45) is 0. The van der Waals surface area contributed by atoms with Gasteiger partial charge >= 0.3 is 0 Å². The molecule has 14 heavy (non-hydrogen) atoms. The highest BCUT2D eigenvalue weighted by molar-refractivity contribution is 5.48. The molecule has 2 aromatic rings. The summed E-state index contributed by atoms with van der Waals surface area (Å²) >= 11 is 0. The Kier molecular flexibility index (Phi) is 2.04. The zero-order valence-corrected chi connectivity index (χ0v) is 8.36. The molecule has 0 unspecified atom stereocenters. The lowest BCUT2D eigenvalue weighted by atomic mass is 10.3. The number of hydrogen-bond donors (Lipinski definition) is 1. The standard InChI is InChI=1S/C12H13NO/c1-9-7-8-10(2)13(9)11-5-3-4-6-12(11)14/h3-8,14H,1-2H3. The van der Waals surface area contributed by atoms with Crippen LogP contribution in [0.5, 0.6) is 5.75 Å². The Labute approximate surface area is 83.4 Å². The third-order valence-corrected chi connectivity index (χ3v) is 2.39. The van der Waals surface area contributed by atoms with Crippen molar-refractivity contribution in [3.05, 3.63) is 47.8 Å². The van der Waals surface area contributed by atoms with Gasteiger partial charge in [0.25, 0.3) is 0 Å². The highest BCUT2D eigenvalue weighted by Gasteiger charge is 2.06. The molecular weight excluding hydrogens is 174 g/mol. The van der Waals surface area contributed by atoms with Crippen LogP contribution in [0.2, 0.25) is 0 Å². The van der Waals surface area contributed by atoms with E-state index in [0.717, 1.165) is 17.1 Å². The molecule has 0 bridgehead atoms. The number of para-hydroxylation sites is 2. The van der Waals surface area contributed by atoms with Crippen molar-refractivity contribution in [2.75, 3.05) is 0 Å². The van der Waals surface area contributed by atoms with E-state index >= 15 is 0 Å². The van der Waals surface area contributed by atoms with Crippen LogP contribution in [0.3, 0.4) is 0 Å². The van der Waals surface area contributed by atoms with Gasteiger partial charge in [-0.2, -0.15) is 0 Å². The molecule has 0 aliphatic rings. The van der Waals surface area contributed by atoms with Crippen molar-refractivity contribution in [1.29, 1.82) is 0 Å². The van der Waals surface area contributed by atoms with Gasteiger partial charge in [0.15, 0.2) is 0 Å². The number of aromatic nitrogens is 1. The second-order valence-electron chi connectivity index (χ2n) is 3.44. The molecule has 1 aromatic heterocycles. The predicted molar refractivity (Wildman–Crippen MR) is 56.9 cm³/mol. The van der Waals surface area contributed by atoms with Gasteiger partial charge in [-0.3, -0.25) is 0 Å². The monoisotopic (exact) mass is 187 g/mol. The molecule has 1 heterocycles. The smallest absolute Gasteiger partial charge is 0.139 e. The number of phenolic OH excluding ortho intramolecular Hbond substituents is 1. The van der Waals surface area contributed by atoms with Crippen LogP contribution in [0.15, 0.2) is 36.4 Å². The SMILES string of the molecule is Cc1ccc(C)n1-c1ccccc1O. The number of phenols is 1. The highest BCUT2D eigenvalue weighted by Crippen LogP contribution is 2.24. The van der Waals surface area contributed by atoms with E-state index < -0.39 is 0 Å². The zero-order chi connectivity index (χ0) is 10.1. The Morgan fingerprint density at radius 1 is 0.929 bits per heavy atom. The first-order valence-corrected chi connectivity index (χ1v) is 4.63. The minimum absolute atomic E-state index is 0.315. The van der Waals surface area contributed by atoms with Crippen LogP contribution in [0.25, 0.3) is 5.69 Å². The molecule has 2 rings (SSSR count). The Bertz CT molecular complexity index is 438. The molecule has 0 spiro atoms. The van der Waals surface area contributed by atoms with Crippen molar-refractivity contribution in [1.82, 2.24) is 4.57 Å². The molecule has 72 valence electrons. The lowest BCUT2D eigenvalue weighted by Crippen LogP contribution is -1.98. The number of nitrogens with zero attached hydrogens (tertiary/aromatic N) is 1. The topological polar surface area (TPSA) is 25.2 Å². The van der Waals surface area contributed by atoms with Crippen LogP contribution in [0.4, 0.5) is 0 Å². The summed E-state index contributed by atoms with van der Waals surface area (Å²) in [7, 11) is 0. The Balaban J connectivity index is 2.66. The molecule has 2 nitrogen and oxygen atoms in total. The molecule has 0 fully saturated rings. The molecule has 0 amide bonds. The van der Waals surface area contributed by atoms with Gasteiger partial charge < -0.3 is 9.67 Å². The second kappa shape index (κ2) is 3.22. The van der Waals surface area contributed by atoms with Crippen LogP contribution in [0.1, 0.15) is 11.4 Å². The average Bonchev–Trinajstić information content (AvgIpc) is 2.48. The summed E-state index contributed by atoms with van der Waals surface area (Å²) < 4.78 is 2.04. The summed E-state index contributed by atoms with van der Waals surface area (Å²) in [5, 5.41) is 9.71. The van der Waals surface area contributed by atoms with E-state index in [0.29, 0.717) is 5.75 Å². The fraction of sp³-hybridized carbons (Fsp3) is 0.167. The van der Waals surface area contributed by atoms with E-state index in [4.69, 9.17) is 0 Å². The number of hydrogen-bond acceptors (Lipinski definition) is 1. The van der Waals surface area contributed by atoms with Gasteiger partial charge in [-0.05, 0) is 38.1 Å². The Morgan fingerprint density at radius 3 is 2.07 bits per heavy atom. The molecule has 0 saturated carbocycles. The van der Waals surface area contributed by atoms with Crippen LogP contribution < -0.4 is 0 Å². The maximum atomic E-state index is 9.71. The van der Waals surface area contributed by atoms with E-state index in [1.165, 1.54) is 0 Å². The first-order chi connectivity index (χ1) is 6.70. The number of aryl methyl sites for hydroxylation is 2. The lowest BCUT2D eigenvalue weighted by Gasteiger charge is -2.10. The maximum absolute atomic E-state index is 9.71. The van der Waals surface area contributed by atoms with Crippen molar-refractivity contribution in [2.24, 2.45) is 0 Å². The van der Waals surface area contributed by atoms with E-state index in [9.17, 15) is 5.11 Å². The molecule has 0 radical (unpaired) electrons. The second-order valence-corrected chi connectivity index (χ2v) is 3.44. The largest absolute Gasteiger partial charge is 0.506 e. The van der Waals surface area contributed by atoms with E-state index in [1.54, 1.807) is 6.07 Å². The van der Waals surface area contributed by atoms with Gasteiger partial charge in [-0.15, -0.1) is 0 Å². The fourth-order valence-electron chi connectivity index (χ4n) is 1.70. The first-order valence-electron chi connectivity index (χ1n) is 4.63. The van der Waals surface area contributed by atoms with Crippen molar-refractivity contribution in [3.8, 4) is 11.4 Å². The number of rotatable bonds is 1. The van der Waals surface area contributed by atoms with Gasteiger partial charge in [0.05, 0.1) is 5.69 Å². The molecule has 0 atom stereocenters. The predicted octanol–water partition coefficient (Wildman–Crippen LogP) is 2.80. The maximum Gasteiger partial charge on any atom is 0.139 e. The third kappa shape index (κ3) is 1.29. The number of aromatic hydroxyl groups is 1. The molecule has 2 heteroatoms. The molecule has 0 aliphatic carbocycles. The van der Waals surface area contributed by atoms with Gasteiger partial charge in [-0.25, -0.2) is 0 Å². The normalized spacial score (nSPS) is 10.4. The van der Waals surface area contributed by atoms with Crippen LogP contribution in [-0.2, 0) is 0 Å². The molecule has 1 aromatic carbocycles. The van der Waals surface area contributed by atoms with Gasteiger partial charge in [0.1, 0.15) is 5.75 Å². The summed E-state index contributed by atoms with van der Waals surface area (Å²) in [5.41, 5.74) is 3.10. The third-order valence-electron chi connectivity index (χ3n) is 2.39. The van der Waals surface area contributed by atoms with E-state index in [-0.39, 0.29) is 0 Å². The van der Waals surface area contributed by atoms with E-state index in [1.807, 2.05) is 48.7 Å². The van der Waals surface area contributed by atoms with Gasteiger partial charge in [0, 0.05) is 11.4 Å². The summed E-state index contributed by atoms with van der Waals surface area (Å²) in [6.45, 7) is 4.05. The van der Waals surface area contributed by atoms with Crippen molar-refractivity contribution in [3.63, 3.8) is 0 Å². The molecule has 1 N–H and O–H groups in total. The summed E-state index contributed by atoms with van der Waals surface area (Å²) in [5.74, 6) is 0.315. The summed E-state index contributed by atoms with van der Waals surface area (Å²) in [4.78, 5) is 0. The molecule has 0 aliphatic heterocycles. The van der Waals surface area contributed by atoms with Crippen LogP contribution in [-0.4, -0.2) is 9.67 Å². The molecule has 0 saturated heterocycles. The fourth-order valence-corrected chi connectivity index (χ4v) is 1.70. The highest BCUT2D eigenvalue weighted by atomic mass is 16.3.